The minimum absolute atomic E-state index is 0.0173. The van der Waals surface area contributed by atoms with Gasteiger partial charge >= 0.3 is 5.97 Å². The normalized spacial score (nSPS) is 15.5. The molecule has 32 heavy (non-hydrogen) atoms. The summed E-state index contributed by atoms with van der Waals surface area (Å²) in [6.45, 7) is 3.03. The highest BCUT2D eigenvalue weighted by Gasteiger charge is 2.20. The lowest BCUT2D eigenvalue weighted by Gasteiger charge is -2.17. The molecule has 0 saturated carbocycles. The monoisotopic (exact) mass is 457 g/mol. The van der Waals surface area contributed by atoms with Crippen LogP contribution in [-0.2, 0) is 11.2 Å². The van der Waals surface area contributed by atoms with E-state index in [1.54, 1.807) is 18.5 Å². The van der Waals surface area contributed by atoms with Gasteiger partial charge in [-0.3, -0.25) is 4.98 Å². The van der Waals surface area contributed by atoms with Gasteiger partial charge in [0, 0.05) is 35.8 Å². The number of halogens is 2. The SMILES string of the molecule is CCc1ncc(-c2cnc(Nc3ccc(F)c(Cl)c3)nc2NC2CCOC2)cc1C(=O)O. The molecule has 3 N–H and O–H groups in total. The van der Waals surface area contributed by atoms with Crippen LogP contribution < -0.4 is 10.6 Å². The van der Waals surface area contributed by atoms with Crippen LogP contribution >= 0.6 is 11.6 Å². The highest BCUT2D eigenvalue weighted by atomic mass is 35.5. The molecule has 0 radical (unpaired) electrons. The molecule has 4 rings (SSSR count). The van der Waals surface area contributed by atoms with Gasteiger partial charge in [0.1, 0.15) is 11.6 Å². The number of hydrogen-bond donors (Lipinski definition) is 3. The fraction of sp³-hybridized carbons (Fsp3) is 0.273. The summed E-state index contributed by atoms with van der Waals surface area (Å²) in [5.41, 5.74) is 2.37. The molecule has 1 fully saturated rings. The number of pyridine rings is 1. The number of anilines is 3. The van der Waals surface area contributed by atoms with Crippen LogP contribution in [0.15, 0.2) is 36.7 Å². The molecule has 3 heterocycles. The Bertz CT molecular complexity index is 1150. The molecular weight excluding hydrogens is 437 g/mol. The second-order valence-electron chi connectivity index (χ2n) is 7.29. The van der Waals surface area contributed by atoms with E-state index in [2.05, 4.69) is 25.6 Å². The third kappa shape index (κ3) is 4.79. The van der Waals surface area contributed by atoms with Crippen molar-refractivity contribution in [3.63, 3.8) is 0 Å². The Balaban J connectivity index is 1.72. The van der Waals surface area contributed by atoms with Gasteiger partial charge in [0.25, 0.3) is 0 Å². The average Bonchev–Trinajstić information content (AvgIpc) is 3.29. The number of aromatic carboxylic acids is 1. The molecule has 166 valence electrons. The number of aryl methyl sites for hydroxylation is 1. The molecule has 0 bridgehead atoms. The Labute approximate surface area is 188 Å². The van der Waals surface area contributed by atoms with Gasteiger partial charge in [-0.25, -0.2) is 14.2 Å². The largest absolute Gasteiger partial charge is 0.478 e. The van der Waals surface area contributed by atoms with Crippen molar-refractivity contribution in [1.82, 2.24) is 15.0 Å². The molecule has 0 spiro atoms. The van der Waals surface area contributed by atoms with E-state index in [4.69, 9.17) is 16.3 Å². The number of nitrogens with one attached hydrogen (secondary N) is 2. The topological polar surface area (TPSA) is 109 Å². The van der Waals surface area contributed by atoms with E-state index in [0.29, 0.717) is 48.0 Å². The minimum Gasteiger partial charge on any atom is -0.478 e. The van der Waals surface area contributed by atoms with E-state index in [0.717, 1.165) is 6.42 Å². The molecule has 1 aliphatic heterocycles. The highest BCUT2D eigenvalue weighted by molar-refractivity contribution is 6.31. The van der Waals surface area contributed by atoms with E-state index in [1.165, 1.54) is 18.2 Å². The van der Waals surface area contributed by atoms with Crippen LogP contribution in [0.1, 0.15) is 29.4 Å². The lowest BCUT2D eigenvalue weighted by Crippen LogP contribution is -2.20. The second kappa shape index (κ2) is 9.46. The van der Waals surface area contributed by atoms with Crippen LogP contribution in [0.4, 0.5) is 21.8 Å². The summed E-state index contributed by atoms with van der Waals surface area (Å²) in [6.07, 6.45) is 4.53. The molecule has 1 unspecified atom stereocenters. The number of carboxylic acid groups (broad SMARTS) is 1. The first-order valence-electron chi connectivity index (χ1n) is 10.1. The molecule has 1 aliphatic rings. The summed E-state index contributed by atoms with van der Waals surface area (Å²) < 4.78 is 18.9. The summed E-state index contributed by atoms with van der Waals surface area (Å²) >= 11 is 5.86. The maximum absolute atomic E-state index is 13.5. The Morgan fingerprint density at radius 1 is 1.31 bits per heavy atom. The lowest BCUT2D eigenvalue weighted by molar-refractivity contribution is 0.0695. The van der Waals surface area contributed by atoms with Gasteiger partial charge < -0.3 is 20.5 Å². The maximum atomic E-state index is 13.5. The highest BCUT2D eigenvalue weighted by Crippen LogP contribution is 2.30. The minimum atomic E-state index is -1.04. The third-order valence-electron chi connectivity index (χ3n) is 5.08. The number of carbonyl (C=O) groups is 1. The smallest absolute Gasteiger partial charge is 0.337 e. The molecular formula is C22H21ClFN5O3. The van der Waals surface area contributed by atoms with Crippen molar-refractivity contribution in [3.8, 4) is 11.1 Å². The van der Waals surface area contributed by atoms with Crippen LogP contribution in [0.5, 0.6) is 0 Å². The van der Waals surface area contributed by atoms with Crippen molar-refractivity contribution >= 4 is 35.0 Å². The summed E-state index contributed by atoms with van der Waals surface area (Å²) in [4.78, 5) is 24.9. The van der Waals surface area contributed by atoms with Crippen LogP contribution in [0.2, 0.25) is 5.02 Å². The van der Waals surface area contributed by atoms with Crippen LogP contribution in [0.25, 0.3) is 11.1 Å². The quantitative estimate of drug-likeness (QED) is 0.474. The van der Waals surface area contributed by atoms with Gasteiger partial charge in [0.2, 0.25) is 5.95 Å². The summed E-state index contributed by atoms with van der Waals surface area (Å²) in [6, 6.07) is 5.86. The van der Waals surface area contributed by atoms with Gasteiger partial charge in [-0.05, 0) is 37.1 Å². The number of aromatic nitrogens is 3. The van der Waals surface area contributed by atoms with Crippen LogP contribution in [0, 0.1) is 5.82 Å². The van der Waals surface area contributed by atoms with E-state index < -0.39 is 11.8 Å². The van der Waals surface area contributed by atoms with Gasteiger partial charge in [0.15, 0.2) is 0 Å². The number of carboxylic acids is 1. The molecule has 1 saturated heterocycles. The fourth-order valence-corrected chi connectivity index (χ4v) is 3.60. The van der Waals surface area contributed by atoms with Gasteiger partial charge in [-0.15, -0.1) is 0 Å². The Kier molecular flexibility index (Phi) is 6.48. The first kappa shape index (κ1) is 21.9. The second-order valence-corrected chi connectivity index (χ2v) is 7.70. The number of rotatable bonds is 7. The van der Waals surface area contributed by atoms with Gasteiger partial charge in [0.05, 0.1) is 28.9 Å². The number of ether oxygens (including phenoxy) is 1. The molecule has 1 aromatic carbocycles. The summed E-state index contributed by atoms with van der Waals surface area (Å²) in [7, 11) is 0. The van der Waals surface area contributed by atoms with Gasteiger partial charge in [-0.2, -0.15) is 4.98 Å². The van der Waals surface area contributed by atoms with E-state index >= 15 is 0 Å². The molecule has 8 nitrogen and oxygen atoms in total. The number of hydrogen-bond acceptors (Lipinski definition) is 7. The number of nitrogens with zero attached hydrogens (tertiary/aromatic N) is 3. The Morgan fingerprint density at radius 3 is 2.84 bits per heavy atom. The van der Waals surface area contributed by atoms with Crippen molar-refractivity contribution in [2.24, 2.45) is 0 Å². The predicted molar refractivity (Wildman–Crippen MR) is 119 cm³/mol. The van der Waals surface area contributed by atoms with Crippen molar-refractivity contribution in [2.45, 2.75) is 25.8 Å². The Hall–Kier alpha value is -3.30. The third-order valence-corrected chi connectivity index (χ3v) is 5.37. The molecule has 2 aromatic heterocycles. The zero-order chi connectivity index (χ0) is 22.7. The zero-order valence-electron chi connectivity index (χ0n) is 17.2. The molecule has 10 heteroatoms. The standard InChI is InChI=1S/C22H21ClFN5O3/c1-2-19-15(21(30)31)7-12(9-25-19)16-10-26-22(28-13-3-4-18(24)17(23)8-13)29-20(16)27-14-5-6-32-11-14/h3-4,7-10,14H,2,5-6,11H2,1H3,(H,30,31)(H2,26,27,28,29). The molecule has 0 aliphatic carbocycles. The van der Waals surface area contributed by atoms with E-state index in [9.17, 15) is 14.3 Å². The fourth-order valence-electron chi connectivity index (χ4n) is 3.42. The zero-order valence-corrected chi connectivity index (χ0v) is 18.0. The first-order chi connectivity index (χ1) is 15.4. The van der Waals surface area contributed by atoms with E-state index in [-0.39, 0.29) is 22.6 Å². The van der Waals surface area contributed by atoms with Crippen LogP contribution in [0.3, 0.4) is 0 Å². The number of benzene rings is 1. The average molecular weight is 458 g/mol. The molecule has 1 atom stereocenters. The molecule has 3 aromatic rings. The van der Waals surface area contributed by atoms with E-state index in [1.807, 2.05) is 6.92 Å². The maximum Gasteiger partial charge on any atom is 0.337 e. The van der Waals surface area contributed by atoms with Crippen molar-refractivity contribution in [3.05, 3.63) is 58.8 Å². The van der Waals surface area contributed by atoms with Gasteiger partial charge in [-0.1, -0.05) is 18.5 Å². The predicted octanol–water partition coefficient (Wildman–Crippen LogP) is 4.54. The van der Waals surface area contributed by atoms with Crippen molar-refractivity contribution < 1.29 is 19.0 Å². The first-order valence-corrected chi connectivity index (χ1v) is 10.5. The molecule has 0 amide bonds. The van der Waals surface area contributed by atoms with Crippen LogP contribution in [-0.4, -0.2) is 45.3 Å². The van der Waals surface area contributed by atoms with Crippen molar-refractivity contribution in [1.29, 1.82) is 0 Å². The van der Waals surface area contributed by atoms with Crippen molar-refractivity contribution in [2.75, 3.05) is 23.8 Å². The summed E-state index contributed by atoms with van der Waals surface area (Å²) in [5, 5.41) is 15.9. The lowest BCUT2D eigenvalue weighted by atomic mass is 10.0. The Morgan fingerprint density at radius 2 is 2.16 bits per heavy atom. The summed E-state index contributed by atoms with van der Waals surface area (Å²) in [5.74, 6) is -0.778.